The van der Waals surface area contributed by atoms with Gasteiger partial charge in [0.2, 0.25) is 7.83 Å². The van der Waals surface area contributed by atoms with Gasteiger partial charge in [0.25, 0.3) is 0 Å². The molecule has 0 aliphatic heterocycles. The third-order valence-electron chi connectivity index (χ3n) is 2.91. The Labute approximate surface area is 141 Å². The van der Waals surface area contributed by atoms with Crippen molar-refractivity contribution in [1.82, 2.24) is 0 Å². The first kappa shape index (κ1) is 22.4. The molecule has 0 amide bonds. The molecule has 22 heavy (non-hydrogen) atoms. The topological polar surface area (TPSA) is 47.9 Å². The van der Waals surface area contributed by atoms with E-state index in [4.69, 9.17) is 13.0 Å². The van der Waals surface area contributed by atoms with Crippen molar-refractivity contribution < 1.29 is 17.8 Å². The monoisotopic (exact) mass is 380 g/mol. The average Bonchev–Trinajstić information content (AvgIpc) is 2.17. The standard InChI is InChI=1S/C14H36O4Si4/c1-14(2)13-16-11-12-22(15,18-20(6,7)8)21(9,10)17-19(3,4)5/h15H,1,11-13H2,2-10H3. The fourth-order valence-electron chi connectivity index (χ4n) is 2.28. The smallest absolute Gasteiger partial charge is 0.337 e. The lowest BCUT2D eigenvalue weighted by molar-refractivity contribution is 0.164. The largest absolute Gasteiger partial charge is 0.454 e. The fourth-order valence-corrected chi connectivity index (χ4v) is 26.8. The Kier molecular flexibility index (Phi) is 8.18. The fraction of sp³-hybridized carbons (Fsp3) is 0.857. The van der Waals surface area contributed by atoms with E-state index in [0.29, 0.717) is 19.3 Å². The second-order valence-corrected chi connectivity index (χ2v) is 29.6. The zero-order chi connectivity index (χ0) is 17.8. The van der Waals surface area contributed by atoms with Gasteiger partial charge >= 0.3 is 8.08 Å². The molecule has 0 aliphatic rings. The molecule has 1 unspecified atom stereocenters. The Morgan fingerprint density at radius 3 is 1.73 bits per heavy atom. The van der Waals surface area contributed by atoms with Crippen LogP contribution < -0.4 is 0 Å². The zero-order valence-corrected chi connectivity index (χ0v) is 20.0. The molecule has 1 atom stereocenters. The van der Waals surface area contributed by atoms with E-state index in [1.54, 1.807) is 0 Å². The second kappa shape index (κ2) is 8.02. The maximum atomic E-state index is 11.4. The van der Waals surface area contributed by atoms with Gasteiger partial charge in [0.05, 0.1) is 6.61 Å². The molecule has 4 nitrogen and oxygen atoms in total. The average molecular weight is 381 g/mol. The highest BCUT2D eigenvalue weighted by atomic mass is 29.3. The summed E-state index contributed by atoms with van der Waals surface area (Å²) in [7, 11) is -8.83. The first-order chi connectivity index (χ1) is 9.58. The number of hydrogen-bond donors (Lipinski definition) is 1. The second-order valence-electron chi connectivity index (χ2n) is 8.48. The summed E-state index contributed by atoms with van der Waals surface area (Å²) in [6.45, 7) is 23.9. The third kappa shape index (κ3) is 8.92. The third-order valence-corrected chi connectivity index (χ3v) is 22.2. The molecular weight excluding hydrogens is 344 g/mol. The van der Waals surface area contributed by atoms with E-state index in [1.165, 1.54) is 0 Å². The number of hydrogen-bond acceptors (Lipinski definition) is 4. The molecule has 0 saturated heterocycles. The van der Waals surface area contributed by atoms with Crippen LogP contribution in [0.3, 0.4) is 0 Å². The molecule has 0 aromatic heterocycles. The van der Waals surface area contributed by atoms with Crippen LogP contribution in [0.5, 0.6) is 0 Å². The van der Waals surface area contributed by atoms with Crippen LogP contribution in [0, 0.1) is 0 Å². The van der Waals surface area contributed by atoms with E-state index in [-0.39, 0.29) is 0 Å². The lowest BCUT2D eigenvalue weighted by Crippen LogP contribution is -2.69. The Morgan fingerprint density at radius 1 is 0.909 bits per heavy atom. The molecule has 8 heteroatoms. The maximum Gasteiger partial charge on any atom is 0.337 e. The molecule has 0 aromatic carbocycles. The summed E-state index contributed by atoms with van der Waals surface area (Å²) in [6, 6.07) is 0.578. The van der Waals surface area contributed by atoms with Crippen molar-refractivity contribution >= 4 is 32.5 Å². The molecule has 0 saturated carbocycles. The number of rotatable bonds is 10. The first-order valence-corrected chi connectivity index (χ1v) is 20.7. The minimum Gasteiger partial charge on any atom is -0.454 e. The highest BCUT2D eigenvalue weighted by Crippen LogP contribution is 2.29. The van der Waals surface area contributed by atoms with Crippen molar-refractivity contribution in [2.45, 2.75) is 65.3 Å². The molecular formula is C14H36O4Si4. The van der Waals surface area contributed by atoms with Gasteiger partial charge < -0.3 is 17.8 Å². The van der Waals surface area contributed by atoms with Crippen LogP contribution in [0.25, 0.3) is 0 Å². The van der Waals surface area contributed by atoms with E-state index in [9.17, 15) is 4.80 Å². The molecule has 0 heterocycles. The molecule has 0 aromatic rings. The van der Waals surface area contributed by atoms with Crippen LogP contribution in [0.1, 0.15) is 6.92 Å². The minimum atomic E-state index is -2.94. The number of ether oxygens (including phenoxy) is 1. The van der Waals surface area contributed by atoms with Crippen molar-refractivity contribution in [3.05, 3.63) is 12.2 Å². The summed E-state index contributed by atoms with van der Waals surface area (Å²) in [5.41, 5.74) is 0.992. The van der Waals surface area contributed by atoms with Crippen LogP contribution >= 0.6 is 0 Å². The van der Waals surface area contributed by atoms with Crippen molar-refractivity contribution in [2.75, 3.05) is 13.2 Å². The van der Waals surface area contributed by atoms with Crippen molar-refractivity contribution in [3.8, 4) is 0 Å². The first-order valence-electron chi connectivity index (χ1n) is 7.93. The van der Waals surface area contributed by atoms with Gasteiger partial charge in [-0.3, -0.25) is 0 Å². The van der Waals surface area contributed by atoms with Crippen molar-refractivity contribution in [2.24, 2.45) is 0 Å². The normalized spacial score (nSPS) is 16.5. The molecule has 0 rings (SSSR count). The summed E-state index contributed by atoms with van der Waals surface area (Å²) in [5, 5.41) is 0. The summed E-state index contributed by atoms with van der Waals surface area (Å²) in [6.07, 6.45) is 0. The quantitative estimate of drug-likeness (QED) is 0.353. The Morgan fingerprint density at radius 2 is 1.36 bits per heavy atom. The Balaban J connectivity index is 5.11. The highest BCUT2D eigenvalue weighted by molar-refractivity contribution is 7.35. The lowest BCUT2D eigenvalue weighted by Gasteiger charge is -2.44. The van der Waals surface area contributed by atoms with Gasteiger partial charge in [-0.15, -0.1) is 0 Å². The summed E-state index contributed by atoms with van der Waals surface area (Å²) in [4.78, 5) is 11.4. The van der Waals surface area contributed by atoms with Gasteiger partial charge in [0, 0.05) is 12.7 Å². The summed E-state index contributed by atoms with van der Waals surface area (Å²) >= 11 is 0. The molecule has 0 fully saturated rings. The SMILES string of the molecule is C=C(C)COCC[Si](O)(O[Si](C)(C)C)[Si](C)(C)O[Si](C)(C)C. The van der Waals surface area contributed by atoms with Crippen molar-refractivity contribution in [3.63, 3.8) is 0 Å². The van der Waals surface area contributed by atoms with Gasteiger partial charge in [-0.1, -0.05) is 12.2 Å². The van der Waals surface area contributed by atoms with Crippen molar-refractivity contribution in [1.29, 1.82) is 0 Å². The van der Waals surface area contributed by atoms with Crippen LogP contribution in [0.4, 0.5) is 0 Å². The molecule has 0 aliphatic carbocycles. The van der Waals surface area contributed by atoms with Crippen LogP contribution in [0.2, 0.25) is 58.4 Å². The lowest BCUT2D eigenvalue weighted by atomic mass is 10.4. The Bertz CT molecular complexity index is 374. The molecule has 1 N–H and O–H groups in total. The van der Waals surface area contributed by atoms with E-state index in [0.717, 1.165) is 5.57 Å². The molecule has 0 spiro atoms. The van der Waals surface area contributed by atoms with E-state index in [2.05, 4.69) is 59.0 Å². The predicted octanol–water partition coefficient (Wildman–Crippen LogP) is 4.00. The molecule has 0 radical (unpaired) electrons. The van der Waals surface area contributed by atoms with E-state index in [1.807, 2.05) is 6.92 Å². The summed E-state index contributed by atoms with van der Waals surface area (Å²) in [5.74, 6) is 0. The van der Waals surface area contributed by atoms with Crippen LogP contribution in [-0.4, -0.2) is 50.6 Å². The predicted molar refractivity (Wildman–Crippen MR) is 105 cm³/mol. The van der Waals surface area contributed by atoms with Gasteiger partial charge in [-0.2, -0.15) is 0 Å². The van der Waals surface area contributed by atoms with E-state index >= 15 is 0 Å². The maximum absolute atomic E-state index is 11.4. The minimum absolute atomic E-state index is 0.506. The van der Waals surface area contributed by atoms with Gasteiger partial charge in [0.1, 0.15) is 0 Å². The Hall–Kier alpha value is 0.448. The molecule has 132 valence electrons. The highest BCUT2D eigenvalue weighted by Gasteiger charge is 2.55. The van der Waals surface area contributed by atoms with Crippen LogP contribution in [0.15, 0.2) is 12.2 Å². The van der Waals surface area contributed by atoms with Crippen LogP contribution in [-0.2, 0) is 13.0 Å². The zero-order valence-electron chi connectivity index (χ0n) is 16.0. The van der Waals surface area contributed by atoms with E-state index < -0.39 is 32.5 Å². The molecule has 0 bridgehead atoms. The van der Waals surface area contributed by atoms with Gasteiger partial charge in [0.15, 0.2) is 16.6 Å². The summed E-state index contributed by atoms with van der Waals surface area (Å²) < 4.78 is 18.4. The van der Waals surface area contributed by atoms with Gasteiger partial charge in [-0.05, 0) is 59.3 Å². The van der Waals surface area contributed by atoms with Gasteiger partial charge in [-0.25, -0.2) is 0 Å².